The summed E-state index contributed by atoms with van der Waals surface area (Å²) in [6, 6.07) is 0. The Morgan fingerprint density at radius 3 is 3.25 bits per heavy atom. The molecule has 1 aliphatic rings. The number of nitrogens with two attached hydrogens (primary N) is 1. The van der Waals surface area contributed by atoms with E-state index >= 15 is 0 Å². The molecule has 0 spiro atoms. The molecule has 1 aliphatic heterocycles. The highest BCUT2D eigenvalue weighted by molar-refractivity contribution is 7.99. The van der Waals surface area contributed by atoms with Crippen LogP contribution in [0.25, 0.3) is 0 Å². The van der Waals surface area contributed by atoms with E-state index in [0.29, 0.717) is 12.5 Å². The van der Waals surface area contributed by atoms with Crippen molar-refractivity contribution < 1.29 is 4.42 Å². The Kier molecular flexibility index (Phi) is 2.37. The van der Waals surface area contributed by atoms with Gasteiger partial charge in [0.2, 0.25) is 0 Å². The molecule has 2 N–H and O–H groups in total. The lowest BCUT2D eigenvalue weighted by Crippen LogP contribution is -1.99. The van der Waals surface area contributed by atoms with Crippen LogP contribution in [-0.2, 0) is 6.54 Å². The maximum atomic E-state index is 5.43. The van der Waals surface area contributed by atoms with Crippen LogP contribution in [-0.4, -0.2) is 16.5 Å². The van der Waals surface area contributed by atoms with E-state index in [1.807, 2.05) is 11.8 Å². The number of nitrogens with zero attached hydrogens (tertiary/aromatic N) is 1. The number of thioether (sulfide) groups is 1. The zero-order valence-corrected chi connectivity index (χ0v) is 7.64. The van der Waals surface area contributed by atoms with Crippen molar-refractivity contribution in [2.24, 2.45) is 5.73 Å². The number of rotatable bonds is 2. The first-order valence-electron chi connectivity index (χ1n) is 4.12. The third-order valence-corrected chi connectivity index (χ3v) is 3.22. The molecule has 3 nitrogen and oxygen atoms in total. The Morgan fingerprint density at radius 2 is 2.67 bits per heavy atom. The minimum atomic E-state index is 0.476. The first-order chi connectivity index (χ1) is 5.90. The summed E-state index contributed by atoms with van der Waals surface area (Å²) in [5, 5.41) is 0. The van der Waals surface area contributed by atoms with E-state index in [0.717, 1.165) is 17.3 Å². The summed E-state index contributed by atoms with van der Waals surface area (Å²) >= 11 is 1.96. The van der Waals surface area contributed by atoms with Gasteiger partial charge in [0.1, 0.15) is 6.26 Å². The minimum absolute atomic E-state index is 0.476. The summed E-state index contributed by atoms with van der Waals surface area (Å²) in [7, 11) is 0. The molecule has 1 fully saturated rings. The second-order valence-electron chi connectivity index (χ2n) is 2.94. The van der Waals surface area contributed by atoms with E-state index < -0.39 is 0 Å². The molecule has 66 valence electrons. The third-order valence-electron chi connectivity index (χ3n) is 2.06. The molecule has 0 aliphatic carbocycles. The Hall–Kier alpha value is -0.480. The zero-order chi connectivity index (χ0) is 8.39. The number of aromatic nitrogens is 1. The molecule has 4 heteroatoms. The lowest BCUT2D eigenvalue weighted by molar-refractivity contribution is 0.461. The van der Waals surface area contributed by atoms with Gasteiger partial charge in [-0.3, -0.25) is 0 Å². The topological polar surface area (TPSA) is 52.0 Å². The van der Waals surface area contributed by atoms with Crippen molar-refractivity contribution in [2.45, 2.75) is 18.9 Å². The highest BCUT2D eigenvalue weighted by Crippen LogP contribution is 2.31. The molecule has 1 aromatic rings. The van der Waals surface area contributed by atoms with Crippen LogP contribution in [0, 0.1) is 0 Å². The van der Waals surface area contributed by atoms with Gasteiger partial charge in [-0.05, 0) is 12.2 Å². The van der Waals surface area contributed by atoms with Crippen LogP contribution in [0.4, 0.5) is 0 Å². The van der Waals surface area contributed by atoms with E-state index in [1.165, 1.54) is 12.2 Å². The van der Waals surface area contributed by atoms with Gasteiger partial charge in [0.05, 0.1) is 5.69 Å². The van der Waals surface area contributed by atoms with Gasteiger partial charge in [0.15, 0.2) is 5.89 Å². The van der Waals surface area contributed by atoms with Gasteiger partial charge < -0.3 is 10.2 Å². The second kappa shape index (κ2) is 3.49. The molecule has 0 radical (unpaired) electrons. The molecule has 1 aromatic heterocycles. The average Bonchev–Trinajstić information content (AvgIpc) is 2.75. The van der Waals surface area contributed by atoms with Crippen LogP contribution in [0.1, 0.15) is 23.9 Å². The molecular weight excluding hydrogens is 172 g/mol. The summed E-state index contributed by atoms with van der Waals surface area (Å²) in [6.45, 7) is 0.476. The van der Waals surface area contributed by atoms with Crippen molar-refractivity contribution >= 4 is 11.8 Å². The number of hydrogen-bond donors (Lipinski definition) is 1. The third kappa shape index (κ3) is 1.49. The van der Waals surface area contributed by atoms with Gasteiger partial charge in [-0.1, -0.05) is 0 Å². The van der Waals surface area contributed by atoms with Gasteiger partial charge >= 0.3 is 0 Å². The van der Waals surface area contributed by atoms with Crippen LogP contribution in [0.2, 0.25) is 0 Å². The molecule has 2 rings (SSSR count). The molecule has 12 heavy (non-hydrogen) atoms. The van der Waals surface area contributed by atoms with E-state index in [4.69, 9.17) is 10.2 Å². The predicted molar refractivity (Wildman–Crippen MR) is 49.1 cm³/mol. The van der Waals surface area contributed by atoms with Crippen LogP contribution >= 0.6 is 11.8 Å². The smallest absolute Gasteiger partial charge is 0.198 e. The maximum absolute atomic E-state index is 5.43. The molecule has 1 unspecified atom stereocenters. The molecule has 0 amide bonds. The van der Waals surface area contributed by atoms with Gasteiger partial charge in [-0.15, -0.1) is 0 Å². The van der Waals surface area contributed by atoms with Crippen LogP contribution in [0.15, 0.2) is 10.7 Å². The quantitative estimate of drug-likeness (QED) is 0.754. The second-order valence-corrected chi connectivity index (χ2v) is 4.09. The van der Waals surface area contributed by atoms with Crippen molar-refractivity contribution in [3.05, 3.63) is 17.8 Å². The summed E-state index contributed by atoms with van der Waals surface area (Å²) < 4.78 is 5.34. The lowest BCUT2D eigenvalue weighted by atomic mass is 10.1. The van der Waals surface area contributed by atoms with E-state index in [9.17, 15) is 0 Å². The van der Waals surface area contributed by atoms with Crippen molar-refractivity contribution in [2.75, 3.05) is 11.5 Å². The minimum Gasteiger partial charge on any atom is -0.448 e. The van der Waals surface area contributed by atoms with Crippen LogP contribution < -0.4 is 5.73 Å². The number of oxazole rings is 1. The van der Waals surface area contributed by atoms with Crippen LogP contribution in [0.5, 0.6) is 0 Å². The Morgan fingerprint density at radius 1 is 1.75 bits per heavy atom. The fourth-order valence-electron chi connectivity index (χ4n) is 1.33. The fourth-order valence-corrected chi connectivity index (χ4v) is 2.54. The summed E-state index contributed by atoms with van der Waals surface area (Å²) in [5.41, 5.74) is 6.30. The van der Waals surface area contributed by atoms with Crippen molar-refractivity contribution in [1.82, 2.24) is 4.98 Å². The van der Waals surface area contributed by atoms with E-state index in [2.05, 4.69) is 4.98 Å². The monoisotopic (exact) mass is 184 g/mol. The molecule has 2 heterocycles. The Bertz CT molecular complexity index is 255. The van der Waals surface area contributed by atoms with Gasteiger partial charge in [-0.2, -0.15) is 11.8 Å². The van der Waals surface area contributed by atoms with E-state index in [-0.39, 0.29) is 0 Å². The molecule has 0 bridgehead atoms. The van der Waals surface area contributed by atoms with Gasteiger partial charge in [0, 0.05) is 18.2 Å². The molecule has 0 saturated carbocycles. The normalized spacial score (nSPS) is 23.2. The molecular formula is C8H12N2OS. The summed E-state index contributed by atoms with van der Waals surface area (Å²) in [4.78, 5) is 4.31. The van der Waals surface area contributed by atoms with Crippen molar-refractivity contribution in [1.29, 1.82) is 0 Å². The van der Waals surface area contributed by atoms with E-state index in [1.54, 1.807) is 6.26 Å². The fraction of sp³-hybridized carbons (Fsp3) is 0.625. The standard InChI is InChI=1S/C8H12N2OS/c9-3-7-4-11-8(10-7)6-1-2-12-5-6/h4,6H,1-3,5,9H2. The Balaban J connectivity index is 2.11. The van der Waals surface area contributed by atoms with Gasteiger partial charge in [-0.25, -0.2) is 4.98 Å². The first kappa shape index (κ1) is 8.13. The van der Waals surface area contributed by atoms with Gasteiger partial charge in [0.25, 0.3) is 0 Å². The predicted octanol–water partition coefficient (Wildman–Crippen LogP) is 1.35. The number of hydrogen-bond acceptors (Lipinski definition) is 4. The summed E-state index contributed by atoms with van der Waals surface area (Å²) in [5.74, 6) is 3.77. The van der Waals surface area contributed by atoms with Crippen LogP contribution in [0.3, 0.4) is 0 Å². The first-order valence-corrected chi connectivity index (χ1v) is 5.27. The molecule has 1 atom stereocenters. The summed E-state index contributed by atoms with van der Waals surface area (Å²) in [6.07, 6.45) is 2.85. The SMILES string of the molecule is NCc1coc(C2CCSC2)n1. The van der Waals surface area contributed by atoms with Crippen molar-refractivity contribution in [3.8, 4) is 0 Å². The average molecular weight is 184 g/mol. The Labute approximate surface area is 75.7 Å². The molecule has 0 aromatic carbocycles. The van der Waals surface area contributed by atoms with Crippen molar-refractivity contribution in [3.63, 3.8) is 0 Å². The molecule has 1 saturated heterocycles. The highest BCUT2D eigenvalue weighted by Gasteiger charge is 2.21. The highest BCUT2D eigenvalue weighted by atomic mass is 32.2. The largest absolute Gasteiger partial charge is 0.448 e. The maximum Gasteiger partial charge on any atom is 0.198 e. The zero-order valence-electron chi connectivity index (χ0n) is 6.82. The lowest BCUT2D eigenvalue weighted by Gasteiger charge is -1.99.